The van der Waals surface area contributed by atoms with Crippen LogP contribution in [0.3, 0.4) is 0 Å². The van der Waals surface area contributed by atoms with Crippen molar-refractivity contribution in [2.45, 2.75) is 51.9 Å². The number of methoxy groups -OCH3 is 1. The molecule has 0 aromatic heterocycles. The molecule has 41 heavy (non-hydrogen) atoms. The number of hydrogen-bond donors (Lipinski definition) is 1. The molecule has 0 radical (unpaired) electrons. The smallest absolute Gasteiger partial charge is 0.241 e. The predicted octanol–water partition coefficient (Wildman–Crippen LogP) is 5.96. The van der Waals surface area contributed by atoms with Crippen LogP contribution in [0, 0.1) is 18.8 Å². The lowest BCUT2D eigenvalue weighted by atomic mass is 9.80. The standard InChI is InChI=1S/C32H32O9/c1-16(2)9-22(33)28-29(34)17(3)30(35-4)21-11-20-13-25(18-5-7-23-26(10-18)38-14-36-23)40-32(20,41-31(21)28)19-6-8-24-27(12-19)39-15-37-24/h5-8,10,12,16,20,25,34H,9,11,13-15H2,1-4H3/t20-,25-,32?/m0/s1. The van der Waals surface area contributed by atoms with Gasteiger partial charge >= 0.3 is 0 Å². The summed E-state index contributed by atoms with van der Waals surface area (Å²) in [4.78, 5) is 13.6. The molecule has 9 heteroatoms. The highest BCUT2D eigenvalue weighted by molar-refractivity contribution is 6.03. The van der Waals surface area contributed by atoms with Gasteiger partial charge in [0.15, 0.2) is 28.8 Å². The van der Waals surface area contributed by atoms with E-state index in [2.05, 4.69) is 0 Å². The summed E-state index contributed by atoms with van der Waals surface area (Å²) in [5.41, 5.74) is 3.11. The van der Waals surface area contributed by atoms with Gasteiger partial charge in [0.05, 0.1) is 13.2 Å². The van der Waals surface area contributed by atoms with Crippen molar-refractivity contribution < 1.29 is 43.1 Å². The number of rotatable bonds is 6. The number of ether oxygens (including phenoxy) is 7. The Morgan fingerprint density at radius 1 is 1.02 bits per heavy atom. The van der Waals surface area contributed by atoms with Crippen LogP contribution in [0.1, 0.15) is 65.4 Å². The van der Waals surface area contributed by atoms with Crippen LogP contribution >= 0.6 is 0 Å². The third-order valence-corrected chi connectivity index (χ3v) is 8.39. The first-order valence-corrected chi connectivity index (χ1v) is 13.9. The number of fused-ring (bicyclic) bond motifs is 4. The molecule has 0 saturated carbocycles. The van der Waals surface area contributed by atoms with E-state index in [1.54, 1.807) is 14.0 Å². The normalized spacial score (nSPS) is 23.2. The molecule has 7 rings (SSSR count). The zero-order valence-corrected chi connectivity index (χ0v) is 23.4. The Morgan fingerprint density at radius 2 is 1.71 bits per heavy atom. The SMILES string of the molecule is COc1c(C)c(O)c(C(=O)CC(C)C)c2c1C[C@H]1C[C@@H](c3ccc4c(c3)OCO4)OC1(c1ccc3c(c1)OCO3)O2. The number of benzene rings is 3. The number of phenols is 1. The summed E-state index contributed by atoms with van der Waals surface area (Å²) in [6.45, 7) is 6.03. The lowest BCUT2D eigenvalue weighted by Gasteiger charge is -2.41. The van der Waals surface area contributed by atoms with Gasteiger partial charge in [-0.1, -0.05) is 19.9 Å². The highest BCUT2D eigenvalue weighted by atomic mass is 16.7. The average molecular weight is 561 g/mol. The topological polar surface area (TPSA) is 102 Å². The molecule has 0 aliphatic carbocycles. The monoisotopic (exact) mass is 560 g/mol. The largest absolute Gasteiger partial charge is 0.507 e. The number of Topliss-reactive ketones (excluding diaryl/α,β-unsaturated/α-hetero) is 1. The van der Waals surface area contributed by atoms with E-state index in [0.29, 0.717) is 52.9 Å². The second-order valence-electron chi connectivity index (χ2n) is 11.4. The maximum absolute atomic E-state index is 13.6. The Morgan fingerprint density at radius 3 is 2.41 bits per heavy atom. The maximum Gasteiger partial charge on any atom is 0.241 e. The second-order valence-corrected chi connectivity index (χ2v) is 11.4. The van der Waals surface area contributed by atoms with E-state index in [9.17, 15) is 9.90 Å². The molecule has 1 fully saturated rings. The molecule has 1 unspecified atom stereocenters. The summed E-state index contributed by atoms with van der Waals surface area (Å²) in [5.74, 6) is 1.78. The van der Waals surface area contributed by atoms with Gasteiger partial charge in [0.1, 0.15) is 22.8 Å². The van der Waals surface area contributed by atoms with Crippen LogP contribution in [0.4, 0.5) is 0 Å². The average Bonchev–Trinajstić information content (AvgIpc) is 3.70. The minimum Gasteiger partial charge on any atom is -0.507 e. The van der Waals surface area contributed by atoms with Gasteiger partial charge in [-0.2, -0.15) is 0 Å². The molecule has 4 heterocycles. The molecule has 4 aliphatic heterocycles. The molecule has 1 saturated heterocycles. The van der Waals surface area contributed by atoms with Crippen molar-refractivity contribution in [3.8, 4) is 40.2 Å². The van der Waals surface area contributed by atoms with E-state index in [1.165, 1.54) is 0 Å². The highest BCUT2D eigenvalue weighted by Gasteiger charge is 2.57. The highest BCUT2D eigenvalue weighted by Crippen LogP contribution is 2.60. The van der Waals surface area contributed by atoms with Crippen molar-refractivity contribution in [3.63, 3.8) is 0 Å². The minimum absolute atomic E-state index is 0.0947. The fraction of sp³-hybridized carbons (Fsp3) is 0.406. The molecule has 0 amide bonds. The van der Waals surface area contributed by atoms with Crippen molar-refractivity contribution in [3.05, 3.63) is 64.2 Å². The van der Waals surface area contributed by atoms with Crippen LogP contribution in [0.5, 0.6) is 40.2 Å². The van der Waals surface area contributed by atoms with Gasteiger partial charge in [0.25, 0.3) is 0 Å². The van der Waals surface area contributed by atoms with Gasteiger partial charge in [-0.15, -0.1) is 0 Å². The zero-order chi connectivity index (χ0) is 28.5. The van der Waals surface area contributed by atoms with Gasteiger partial charge in [-0.3, -0.25) is 4.79 Å². The Kier molecular flexibility index (Phi) is 5.97. The fourth-order valence-electron chi connectivity index (χ4n) is 6.47. The van der Waals surface area contributed by atoms with Crippen molar-refractivity contribution in [2.24, 2.45) is 11.8 Å². The van der Waals surface area contributed by atoms with Crippen molar-refractivity contribution in [1.82, 2.24) is 0 Å². The predicted molar refractivity (Wildman–Crippen MR) is 146 cm³/mol. The summed E-state index contributed by atoms with van der Waals surface area (Å²) in [6, 6.07) is 11.4. The van der Waals surface area contributed by atoms with Crippen LogP contribution < -0.4 is 28.4 Å². The molecule has 4 aliphatic rings. The van der Waals surface area contributed by atoms with Crippen molar-refractivity contribution in [2.75, 3.05) is 20.7 Å². The van der Waals surface area contributed by atoms with E-state index < -0.39 is 5.79 Å². The summed E-state index contributed by atoms with van der Waals surface area (Å²) in [5, 5.41) is 11.3. The first-order valence-electron chi connectivity index (χ1n) is 13.9. The van der Waals surface area contributed by atoms with Crippen molar-refractivity contribution in [1.29, 1.82) is 0 Å². The van der Waals surface area contributed by atoms with Gasteiger partial charge in [-0.25, -0.2) is 0 Å². The van der Waals surface area contributed by atoms with Crippen LogP contribution in [-0.2, 0) is 16.9 Å². The Hall–Kier alpha value is -4.11. The molecule has 3 aromatic rings. The molecule has 9 nitrogen and oxygen atoms in total. The number of hydrogen-bond acceptors (Lipinski definition) is 9. The first-order chi connectivity index (χ1) is 19.8. The number of aromatic hydroxyl groups is 1. The summed E-state index contributed by atoms with van der Waals surface area (Å²) < 4.78 is 42.0. The number of carbonyl (C=O) groups excluding carboxylic acids is 1. The van der Waals surface area contributed by atoms with Crippen molar-refractivity contribution >= 4 is 5.78 Å². The fourth-order valence-corrected chi connectivity index (χ4v) is 6.47. The van der Waals surface area contributed by atoms with Crippen LogP contribution in [-0.4, -0.2) is 31.6 Å². The Bertz CT molecular complexity index is 1560. The van der Waals surface area contributed by atoms with E-state index in [4.69, 9.17) is 33.2 Å². The van der Waals surface area contributed by atoms with Gasteiger partial charge in [-0.05, 0) is 61.6 Å². The van der Waals surface area contributed by atoms with Gasteiger partial charge in [0, 0.05) is 29.0 Å². The third-order valence-electron chi connectivity index (χ3n) is 8.39. The quantitative estimate of drug-likeness (QED) is 0.366. The van der Waals surface area contributed by atoms with Crippen LogP contribution in [0.2, 0.25) is 0 Å². The molecule has 0 spiro atoms. The Balaban J connectivity index is 1.39. The first kappa shape index (κ1) is 25.8. The Labute approximate surface area is 237 Å². The number of ketones is 1. The van der Waals surface area contributed by atoms with E-state index in [1.807, 2.05) is 50.2 Å². The molecular formula is C32H32O9. The number of carbonyl (C=O) groups is 1. The summed E-state index contributed by atoms with van der Waals surface area (Å²) in [6.07, 6.45) is 1.06. The minimum atomic E-state index is -1.27. The van der Waals surface area contributed by atoms with Gasteiger partial charge < -0.3 is 38.3 Å². The number of phenolic OH excluding ortho intramolecular Hbond substituents is 1. The van der Waals surface area contributed by atoms with Crippen LogP contribution in [0.25, 0.3) is 0 Å². The molecule has 3 atom stereocenters. The summed E-state index contributed by atoms with van der Waals surface area (Å²) >= 11 is 0. The van der Waals surface area contributed by atoms with Crippen LogP contribution in [0.15, 0.2) is 36.4 Å². The third kappa shape index (κ3) is 3.97. The maximum atomic E-state index is 13.6. The lowest BCUT2D eigenvalue weighted by molar-refractivity contribution is -0.209. The van der Waals surface area contributed by atoms with E-state index in [-0.39, 0.29) is 55.0 Å². The molecule has 0 bridgehead atoms. The molecule has 1 N–H and O–H groups in total. The lowest BCUT2D eigenvalue weighted by Crippen LogP contribution is -2.43. The molecule has 3 aromatic carbocycles. The van der Waals surface area contributed by atoms with E-state index >= 15 is 0 Å². The van der Waals surface area contributed by atoms with Gasteiger partial charge in [0.2, 0.25) is 19.4 Å². The van der Waals surface area contributed by atoms with E-state index in [0.717, 1.165) is 16.7 Å². The second kappa shape index (κ2) is 9.48. The zero-order valence-electron chi connectivity index (χ0n) is 23.4. The molecule has 214 valence electrons. The molecular weight excluding hydrogens is 528 g/mol. The summed E-state index contributed by atoms with van der Waals surface area (Å²) in [7, 11) is 1.57.